The Hall–Kier alpha value is -1.94. The summed E-state index contributed by atoms with van der Waals surface area (Å²) >= 11 is 1.50. The predicted molar refractivity (Wildman–Crippen MR) is 83.4 cm³/mol. The molecule has 0 saturated carbocycles. The number of aromatic hydroxyl groups is 1. The third-order valence-corrected chi connectivity index (χ3v) is 3.94. The van der Waals surface area contributed by atoms with Crippen molar-refractivity contribution in [3.05, 3.63) is 53.6 Å². The molecule has 0 atom stereocenters. The van der Waals surface area contributed by atoms with Crippen molar-refractivity contribution in [1.82, 2.24) is 0 Å². The van der Waals surface area contributed by atoms with Gasteiger partial charge in [-0.25, -0.2) is 0 Å². The molecule has 0 radical (unpaired) electrons. The van der Waals surface area contributed by atoms with Crippen molar-refractivity contribution in [2.45, 2.75) is 18.7 Å². The predicted octanol–water partition coefficient (Wildman–Crippen LogP) is 3.74. The molecule has 104 valence electrons. The van der Waals surface area contributed by atoms with E-state index >= 15 is 0 Å². The van der Waals surface area contributed by atoms with E-state index in [1.54, 1.807) is 12.1 Å². The molecule has 0 aromatic heterocycles. The van der Waals surface area contributed by atoms with Crippen LogP contribution in [0.25, 0.3) is 0 Å². The van der Waals surface area contributed by atoms with Crippen LogP contribution in [0.5, 0.6) is 5.75 Å². The van der Waals surface area contributed by atoms with Gasteiger partial charge in [-0.2, -0.15) is 0 Å². The number of phenolic OH excluding ortho intramolecular Hbond substituents is 1. The summed E-state index contributed by atoms with van der Waals surface area (Å²) in [4.78, 5) is 13.0. The molecule has 1 amide bonds. The van der Waals surface area contributed by atoms with E-state index in [2.05, 4.69) is 5.32 Å². The number of carbonyl (C=O) groups is 1. The van der Waals surface area contributed by atoms with Gasteiger partial charge in [0.15, 0.2) is 0 Å². The molecule has 0 aliphatic rings. The molecule has 2 aromatic rings. The lowest BCUT2D eigenvalue weighted by Gasteiger charge is -2.10. The molecule has 0 spiro atoms. The second kappa shape index (κ2) is 6.48. The number of amides is 1. The van der Waals surface area contributed by atoms with Gasteiger partial charge in [-0.1, -0.05) is 18.2 Å². The average molecular weight is 287 g/mol. The smallest absolute Gasteiger partial charge is 0.234 e. The quantitative estimate of drug-likeness (QED) is 0.665. The van der Waals surface area contributed by atoms with Crippen LogP contribution in [-0.2, 0) is 4.79 Å². The molecule has 0 unspecified atom stereocenters. The van der Waals surface area contributed by atoms with Gasteiger partial charge in [-0.3, -0.25) is 4.79 Å². The zero-order chi connectivity index (χ0) is 14.5. The van der Waals surface area contributed by atoms with Gasteiger partial charge in [0.1, 0.15) is 5.75 Å². The zero-order valence-corrected chi connectivity index (χ0v) is 12.3. The number of carbonyl (C=O) groups excluding carboxylic acids is 1. The summed E-state index contributed by atoms with van der Waals surface area (Å²) in [6, 6.07) is 13.3. The van der Waals surface area contributed by atoms with Crippen molar-refractivity contribution >= 4 is 23.4 Å². The van der Waals surface area contributed by atoms with Crippen LogP contribution in [0.1, 0.15) is 11.1 Å². The Morgan fingerprint density at radius 3 is 2.55 bits per heavy atom. The number of nitrogens with one attached hydrogen (secondary N) is 1. The molecule has 2 rings (SSSR count). The van der Waals surface area contributed by atoms with E-state index in [9.17, 15) is 9.90 Å². The molecule has 0 bridgehead atoms. The number of hydrogen-bond donors (Lipinski definition) is 2. The van der Waals surface area contributed by atoms with E-state index in [0.29, 0.717) is 5.75 Å². The summed E-state index contributed by atoms with van der Waals surface area (Å²) in [7, 11) is 0. The Kier molecular flexibility index (Phi) is 4.69. The molecule has 2 aromatic carbocycles. The van der Waals surface area contributed by atoms with Crippen molar-refractivity contribution in [2.75, 3.05) is 11.1 Å². The molecule has 20 heavy (non-hydrogen) atoms. The third-order valence-electron chi connectivity index (χ3n) is 2.93. The van der Waals surface area contributed by atoms with Crippen LogP contribution in [0, 0.1) is 13.8 Å². The van der Waals surface area contributed by atoms with Crippen molar-refractivity contribution in [3.63, 3.8) is 0 Å². The number of benzene rings is 2. The second-order valence-electron chi connectivity index (χ2n) is 4.60. The molecular formula is C16H17NO2S. The minimum Gasteiger partial charge on any atom is -0.508 e. The van der Waals surface area contributed by atoms with E-state index < -0.39 is 0 Å². The first kappa shape index (κ1) is 14.5. The molecule has 4 heteroatoms. The average Bonchev–Trinajstić information content (AvgIpc) is 2.44. The van der Waals surface area contributed by atoms with Crippen LogP contribution in [0.15, 0.2) is 47.4 Å². The lowest BCUT2D eigenvalue weighted by Crippen LogP contribution is -2.14. The van der Waals surface area contributed by atoms with Gasteiger partial charge < -0.3 is 10.4 Å². The van der Waals surface area contributed by atoms with Crippen LogP contribution in [0.2, 0.25) is 0 Å². The van der Waals surface area contributed by atoms with Crippen molar-refractivity contribution in [3.8, 4) is 5.75 Å². The van der Waals surface area contributed by atoms with Gasteiger partial charge in [0.25, 0.3) is 0 Å². The molecule has 0 aliphatic heterocycles. The highest BCUT2D eigenvalue weighted by Crippen LogP contribution is 2.25. The first-order valence-electron chi connectivity index (χ1n) is 6.34. The highest BCUT2D eigenvalue weighted by atomic mass is 32.2. The molecule has 0 saturated heterocycles. The number of thioether (sulfide) groups is 1. The summed E-state index contributed by atoms with van der Waals surface area (Å²) in [6.07, 6.45) is 0. The Morgan fingerprint density at radius 1 is 1.15 bits per heavy atom. The fraction of sp³-hybridized carbons (Fsp3) is 0.188. The fourth-order valence-electron chi connectivity index (χ4n) is 1.79. The number of hydrogen-bond acceptors (Lipinski definition) is 3. The summed E-state index contributed by atoms with van der Waals surface area (Å²) in [5.41, 5.74) is 2.35. The number of aryl methyl sites for hydroxylation is 2. The topological polar surface area (TPSA) is 49.3 Å². The van der Waals surface area contributed by atoms with Gasteiger partial charge in [0.05, 0.1) is 5.75 Å². The summed E-state index contributed by atoms with van der Waals surface area (Å²) in [5.74, 6) is 0.565. The number of rotatable bonds is 4. The minimum atomic E-state index is -0.0490. The lowest BCUT2D eigenvalue weighted by molar-refractivity contribution is -0.113. The molecule has 0 heterocycles. The third kappa shape index (κ3) is 3.78. The van der Waals surface area contributed by atoms with Crippen LogP contribution in [-0.4, -0.2) is 16.8 Å². The largest absolute Gasteiger partial charge is 0.508 e. The highest BCUT2D eigenvalue weighted by molar-refractivity contribution is 8.00. The Morgan fingerprint density at radius 2 is 1.85 bits per heavy atom. The number of phenols is 1. The van der Waals surface area contributed by atoms with Crippen molar-refractivity contribution in [1.29, 1.82) is 0 Å². The highest BCUT2D eigenvalue weighted by Gasteiger charge is 2.08. The second-order valence-corrected chi connectivity index (χ2v) is 5.65. The maximum absolute atomic E-state index is 11.9. The zero-order valence-electron chi connectivity index (χ0n) is 11.5. The van der Waals surface area contributed by atoms with Crippen molar-refractivity contribution in [2.24, 2.45) is 0 Å². The van der Waals surface area contributed by atoms with Crippen LogP contribution in [0.3, 0.4) is 0 Å². The molecule has 2 N–H and O–H groups in total. The van der Waals surface area contributed by atoms with Gasteiger partial charge in [-0.05, 0) is 49.2 Å². The van der Waals surface area contributed by atoms with Gasteiger partial charge in [0, 0.05) is 10.6 Å². The minimum absolute atomic E-state index is 0.0490. The van der Waals surface area contributed by atoms with Crippen LogP contribution < -0.4 is 5.32 Å². The van der Waals surface area contributed by atoms with E-state index in [0.717, 1.165) is 21.7 Å². The molecule has 0 aliphatic carbocycles. The molecular weight excluding hydrogens is 270 g/mol. The van der Waals surface area contributed by atoms with Gasteiger partial charge in [-0.15, -0.1) is 11.8 Å². The summed E-state index contributed by atoms with van der Waals surface area (Å²) in [6.45, 7) is 3.67. The maximum atomic E-state index is 11.9. The van der Waals surface area contributed by atoms with E-state index in [1.807, 2.05) is 44.2 Å². The van der Waals surface area contributed by atoms with Gasteiger partial charge >= 0.3 is 0 Å². The van der Waals surface area contributed by atoms with E-state index in [1.165, 1.54) is 11.8 Å². The number of anilines is 1. The Labute approximate surface area is 123 Å². The Bertz CT molecular complexity index is 611. The summed E-state index contributed by atoms with van der Waals surface area (Å²) in [5, 5.41) is 12.5. The standard InChI is InChI=1S/C16H17NO2S/c1-11-9-15(18)12(2)8-14(11)17-16(19)10-20-13-6-4-3-5-7-13/h3-9,18H,10H2,1-2H3,(H,17,19). The Balaban J connectivity index is 1.97. The van der Waals surface area contributed by atoms with Crippen molar-refractivity contribution < 1.29 is 9.90 Å². The first-order chi connectivity index (χ1) is 9.56. The molecule has 3 nitrogen and oxygen atoms in total. The fourth-order valence-corrected chi connectivity index (χ4v) is 2.51. The lowest BCUT2D eigenvalue weighted by atomic mass is 10.1. The monoisotopic (exact) mass is 287 g/mol. The van der Waals surface area contributed by atoms with E-state index in [-0.39, 0.29) is 11.7 Å². The first-order valence-corrected chi connectivity index (χ1v) is 7.33. The van der Waals surface area contributed by atoms with E-state index in [4.69, 9.17) is 0 Å². The molecule has 0 fully saturated rings. The normalized spacial score (nSPS) is 10.3. The van der Waals surface area contributed by atoms with Gasteiger partial charge in [0.2, 0.25) is 5.91 Å². The SMILES string of the molecule is Cc1cc(NC(=O)CSc2ccccc2)c(C)cc1O. The van der Waals surface area contributed by atoms with Crippen LogP contribution in [0.4, 0.5) is 5.69 Å². The van der Waals surface area contributed by atoms with Crippen LogP contribution >= 0.6 is 11.8 Å². The summed E-state index contributed by atoms with van der Waals surface area (Å²) < 4.78 is 0. The maximum Gasteiger partial charge on any atom is 0.234 e.